The Morgan fingerprint density at radius 2 is 1.38 bits per heavy atom. The lowest BCUT2D eigenvalue weighted by atomic mass is 10.1. The minimum Gasteiger partial charge on any atom is -0.305 e. The fraction of sp³-hybridized carbons (Fsp3) is 0.462. The molecule has 0 aliphatic rings. The zero-order valence-electron chi connectivity index (χ0n) is 10.5. The van der Waals surface area contributed by atoms with E-state index in [1.54, 1.807) is 0 Å². The molecule has 0 amide bonds. The highest BCUT2D eigenvalue weighted by Gasteiger charge is 2.03. The predicted molar refractivity (Wildman–Crippen MR) is 65.9 cm³/mol. The van der Waals surface area contributed by atoms with E-state index in [4.69, 9.17) is 5.26 Å². The smallest absolute Gasteiger partial charge is 0.0991 e. The van der Waals surface area contributed by atoms with Crippen molar-refractivity contribution in [3.8, 4) is 6.07 Å². The van der Waals surface area contributed by atoms with Crippen molar-refractivity contribution >= 4 is 0 Å². The second-order valence-corrected chi connectivity index (χ2v) is 4.63. The highest BCUT2D eigenvalue weighted by Crippen LogP contribution is 2.12. The van der Waals surface area contributed by atoms with E-state index in [1.807, 2.05) is 40.3 Å². The molecule has 0 atom stereocenters. The lowest BCUT2D eigenvalue weighted by Crippen LogP contribution is -2.13. The summed E-state index contributed by atoms with van der Waals surface area (Å²) in [4.78, 5) is 4.21. The molecule has 0 aliphatic heterocycles. The second-order valence-electron chi connectivity index (χ2n) is 4.63. The Morgan fingerprint density at radius 3 is 1.69 bits per heavy atom. The summed E-state index contributed by atoms with van der Waals surface area (Å²) in [5.41, 5.74) is 3.14. The predicted octanol–water partition coefficient (Wildman–Crippen LogP) is 1.68. The highest BCUT2D eigenvalue weighted by atomic mass is 15.1. The third-order valence-electron chi connectivity index (χ3n) is 2.18. The first-order valence-corrected chi connectivity index (χ1v) is 5.33. The molecule has 0 radical (unpaired) electrons. The lowest BCUT2D eigenvalue weighted by Gasteiger charge is -2.14. The first-order valence-electron chi connectivity index (χ1n) is 5.33. The summed E-state index contributed by atoms with van der Waals surface area (Å²) in [6.07, 6.45) is 0. The number of hydrogen-bond acceptors (Lipinski definition) is 3. The van der Waals surface area contributed by atoms with Gasteiger partial charge >= 0.3 is 0 Å². The van der Waals surface area contributed by atoms with Crippen LogP contribution in [0.15, 0.2) is 18.2 Å². The Kier molecular flexibility index (Phi) is 4.48. The van der Waals surface area contributed by atoms with Gasteiger partial charge in [0.2, 0.25) is 0 Å². The lowest BCUT2D eigenvalue weighted by molar-refractivity contribution is 0.395. The van der Waals surface area contributed by atoms with Gasteiger partial charge < -0.3 is 9.80 Å². The number of nitriles is 1. The van der Waals surface area contributed by atoms with Crippen molar-refractivity contribution < 1.29 is 0 Å². The van der Waals surface area contributed by atoms with Gasteiger partial charge in [-0.15, -0.1) is 0 Å². The normalized spacial score (nSPS) is 10.8. The maximum Gasteiger partial charge on any atom is 0.0991 e. The second kappa shape index (κ2) is 5.64. The Labute approximate surface area is 97.9 Å². The molecule has 0 N–H and O–H groups in total. The number of benzene rings is 1. The maximum atomic E-state index is 8.98. The van der Waals surface area contributed by atoms with Crippen molar-refractivity contribution in [3.63, 3.8) is 0 Å². The molecular weight excluding hydrogens is 198 g/mol. The summed E-state index contributed by atoms with van der Waals surface area (Å²) in [5, 5.41) is 8.98. The summed E-state index contributed by atoms with van der Waals surface area (Å²) in [6, 6.07) is 8.30. The molecule has 86 valence electrons. The molecular formula is C13H19N3. The summed E-state index contributed by atoms with van der Waals surface area (Å²) in [6.45, 7) is 1.74. The largest absolute Gasteiger partial charge is 0.305 e. The fourth-order valence-corrected chi connectivity index (χ4v) is 1.74. The highest BCUT2D eigenvalue weighted by molar-refractivity contribution is 5.37. The van der Waals surface area contributed by atoms with Crippen LogP contribution in [0.1, 0.15) is 16.7 Å². The van der Waals surface area contributed by atoms with E-state index >= 15 is 0 Å². The van der Waals surface area contributed by atoms with Gasteiger partial charge in [0.25, 0.3) is 0 Å². The molecule has 0 aliphatic carbocycles. The molecule has 3 heteroatoms. The van der Waals surface area contributed by atoms with Crippen LogP contribution in [0, 0.1) is 11.3 Å². The van der Waals surface area contributed by atoms with Crippen LogP contribution < -0.4 is 0 Å². The summed E-state index contributed by atoms with van der Waals surface area (Å²) < 4.78 is 0. The standard InChI is InChI=1S/C13H19N3/c1-15(2)9-12-5-11(8-14)6-13(7-12)10-16(3)4/h5-7H,9-10H2,1-4H3. The van der Waals surface area contributed by atoms with Crippen molar-refractivity contribution in [2.24, 2.45) is 0 Å². The van der Waals surface area contributed by atoms with E-state index in [2.05, 4.69) is 21.9 Å². The first-order chi connectivity index (χ1) is 7.51. The van der Waals surface area contributed by atoms with Crippen LogP contribution in [0.25, 0.3) is 0 Å². The van der Waals surface area contributed by atoms with Crippen LogP contribution in [-0.2, 0) is 13.1 Å². The van der Waals surface area contributed by atoms with Gasteiger partial charge in [-0.25, -0.2) is 0 Å². The SMILES string of the molecule is CN(C)Cc1cc(C#N)cc(CN(C)C)c1. The quantitative estimate of drug-likeness (QED) is 0.768. The minimum atomic E-state index is 0.746. The maximum absolute atomic E-state index is 8.98. The van der Waals surface area contributed by atoms with Gasteiger partial charge in [0, 0.05) is 13.1 Å². The van der Waals surface area contributed by atoms with Gasteiger partial charge in [-0.2, -0.15) is 5.26 Å². The van der Waals surface area contributed by atoms with Crippen LogP contribution in [0.4, 0.5) is 0 Å². The van der Waals surface area contributed by atoms with Gasteiger partial charge in [0.1, 0.15) is 0 Å². The molecule has 0 aromatic heterocycles. The third-order valence-corrected chi connectivity index (χ3v) is 2.18. The van der Waals surface area contributed by atoms with Crippen molar-refractivity contribution in [1.29, 1.82) is 5.26 Å². The number of rotatable bonds is 4. The molecule has 16 heavy (non-hydrogen) atoms. The van der Waals surface area contributed by atoms with Crippen molar-refractivity contribution in [2.75, 3.05) is 28.2 Å². The topological polar surface area (TPSA) is 30.3 Å². The van der Waals surface area contributed by atoms with E-state index in [0.717, 1.165) is 18.7 Å². The summed E-state index contributed by atoms with van der Waals surface area (Å²) in [5.74, 6) is 0. The van der Waals surface area contributed by atoms with Crippen LogP contribution in [0.3, 0.4) is 0 Å². The van der Waals surface area contributed by atoms with E-state index in [9.17, 15) is 0 Å². The summed E-state index contributed by atoms with van der Waals surface area (Å²) >= 11 is 0. The Balaban J connectivity index is 2.97. The van der Waals surface area contributed by atoms with Crippen LogP contribution >= 0.6 is 0 Å². The number of hydrogen-bond donors (Lipinski definition) is 0. The monoisotopic (exact) mass is 217 g/mol. The Bertz CT molecular complexity index is 360. The molecule has 1 rings (SSSR count). The van der Waals surface area contributed by atoms with Crippen LogP contribution in [0.5, 0.6) is 0 Å². The molecule has 0 saturated carbocycles. The average molecular weight is 217 g/mol. The fourth-order valence-electron chi connectivity index (χ4n) is 1.74. The first kappa shape index (κ1) is 12.7. The van der Waals surface area contributed by atoms with Crippen molar-refractivity contribution in [2.45, 2.75) is 13.1 Å². The number of nitrogens with zero attached hydrogens (tertiary/aromatic N) is 3. The molecule has 1 aromatic carbocycles. The Morgan fingerprint density at radius 1 is 0.938 bits per heavy atom. The molecule has 0 unspecified atom stereocenters. The zero-order chi connectivity index (χ0) is 12.1. The summed E-state index contributed by atoms with van der Waals surface area (Å²) in [7, 11) is 8.13. The van der Waals surface area contributed by atoms with Gasteiger partial charge in [-0.1, -0.05) is 6.07 Å². The van der Waals surface area contributed by atoms with Gasteiger partial charge in [0.15, 0.2) is 0 Å². The Hall–Kier alpha value is -1.37. The van der Waals surface area contributed by atoms with Crippen LogP contribution in [0.2, 0.25) is 0 Å². The molecule has 0 spiro atoms. The molecule has 3 nitrogen and oxygen atoms in total. The third kappa shape index (κ3) is 4.01. The minimum absolute atomic E-state index is 0.746. The molecule has 1 aromatic rings. The van der Waals surface area contributed by atoms with Crippen molar-refractivity contribution in [1.82, 2.24) is 9.80 Å². The molecule has 0 bridgehead atoms. The molecule has 0 saturated heterocycles. The van der Waals surface area contributed by atoms with Crippen molar-refractivity contribution in [3.05, 3.63) is 34.9 Å². The molecule has 0 heterocycles. The van der Waals surface area contributed by atoms with Gasteiger partial charge in [0.05, 0.1) is 11.6 Å². The average Bonchev–Trinajstić information content (AvgIpc) is 2.14. The van der Waals surface area contributed by atoms with E-state index < -0.39 is 0 Å². The zero-order valence-corrected chi connectivity index (χ0v) is 10.5. The van der Waals surface area contributed by atoms with Crippen LogP contribution in [-0.4, -0.2) is 38.0 Å². The molecule has 0 fully saturated rings. The van der Waals surface area contributed by atoms with E-state index in [1.165, 1.54) is 11.1 Å². The van der Waals surface area contributed by atoms with E-state index in [-0.39, 0.29) is 0 Å². The van der Waals surface area contributed by atoms with E-state index in [0.29, 0.717) is 0 Å². The van der Waals surface area contributed by atoms with Gasteiger partial charge in [-0.3, -0.25) is 0 Å². The van der Waals surface area contributed by atoms with Gasteiger partial charge in [-0.05, 0) is 51.5 Å².